The molecule has 0 bridgehead atoms. The van der Waals surface area contributed by atoms with E-state index in [9.17, 15) is 9.18 Å². The molecule has 1 saturated heterocycles. The predicted molar refractivity (Wildman–Crippen MR) is 79.2 cm³/mol. The van der Waals surface area contributed by atoms with E-state index < -0.39 is 0 Å². The Balaban J connectivity index is 1.61. The van der Waals surface area contributed by atoms with Crippen molar-refractivity contribution in [2.75, 3.05) is 32.7 Å². The zero-order chi connectivity index (χ0) is 14.1. The van der Waals surface area contributed by atoms with Gasteiger partial charge in [-0.05, 0) is 52.9 Å². The molecule has 3 rings (SSSR count). The fourth-order valence-corrected chi connectivity index (χ4v) is 3.05. The van der Waals surface area contributed by atoms with Crippen LogP contribution in [0.3, 0.4) is 0 Å². The van der Waals surface area contributed by atoms with E-state index in [1.807, 2.05) is 4.90 Å². The van der Waals surface area contributed by atoms with Gasteiger partial charge in [0.05, 0.1) is 5.56 Å². The number of halogens is 2. The molecule has 1 amide bonds. The average molecular weight is 341 g/mol. The molecule has 108 valence electrons. The van der Waals surface area contributed by atoms with E-state index in [-0.39, 0.29) is 11.7 Å². The Bertz CT molecular complexity index is 511. The number of carbonyl (C=O) groups excluding carboxylic acids is 1. The molecule has 20 heavy (non-hydrogen) atoms. The second kappa shape index (κ2) is 5.82. The zero-order valence-electron chi connectivity index (χ0n) is 11.3. The molecule has 2 fully saturated rings. The van der Waals surface area contributed by atoms with Gasteiger partial charge >= 0.3 is 0 Å². The summed E-state index contributed by atoms with van der Waals surface area (Å²) in [4.78, 5) is 16.7. The van der Waals surface area contributed by atoms with E-state index in [4.69, 9.17) is 0 Å². The van der Waals surface area contributed by atoms with Gasteiger partial charge in [0.25, 0.3) is 5.91 Å². The molecule has 0 aromatic heterocycles. The normalized spacial score (nSPS) is 20.2. The van der Waals surface area contributed by atoms with Crippen molar-refractivity contribution in [1.82, 2.24) is 9.80 Å². The van der Waals surface area contributed by atoms with Crippen LogP contribution >= 0.6 is 15.9 Å². The molecule has 0 radical (unpaired) electrons. The van der Waals surface area contributed by atoms with Crippen LogP contribution in [0.2, 0.25) is 0 Å². The van der Waals surface area contributed by atoms with Gasteiger partial charge in [-0.3, -0.25) is 9.69 Å². The van der Waals surface area contributed by atoms with Gasteiger partial charge in [0.2, 0.25) is 0 Å². The van der Waals surface area contributed by atoms with Crippen molar-refractivity contribution in [2.45, 2.75) is 12.8 Å². The van der Waals surface area contributed by atoms with Gasteiger partial charge in [-0.1, -0.05) is 0 Å². The molecule has 1 aliphatic carbocycles. The van der Waals surface area contributed by atoms with Crippen LogP contribution in [0.4, 0.5) is 4.39 Å². The smallest absolute Gasteiger partial charge is 0.255 e. The Hall–Kier alpha value is -0.940. The molecule has 2 aliphatic rings. The fourth-order valence-electron chi connectivity index (χ4n) is 2.63. The van der Waals surface area contributed by atoms with Gasteiger partial charge in [-0.2, -0.15) is 0 Å². The van der Waals surface area contributed by atoms with Crippen LogP contribution < -0.4 is 0 Å². The van der Waals surface area contributed by atoms with Crippen LogP contribution in [-0.2, 0) is 0 Å². The average Bonchev–Trinajstić information content (AvgIpc) is 3.26. The molecule has 3 nitrogen and oxygen atoms in total. The molecule has 1 aliphatic heterocycles. The Labute approximate surface area is 126 Å². The molecule has 1 aromatic rings. The third kappa shape index (κ3) is 3.20. The van der Waals surface area contributed by atoms with E-state index in [1.165, 1.54) is 31.5 Å². The molecule has 5 heteroatoms. The first-order valence-electron chi connectivity index (χ1n) is 7.10. The van der Waals surface area contributed by atoms with Gasteiger partial charge in [0.1, 0.15) is 5.82 Å². The highest BCUT2D eigenvalue weighted by atomic mass is 79.9. The number of amides is 1. The number of hydrogen-bond acceptors (Lipinski definition) is 2. The highest BCUT2D eigenvalue weighted by Gasteiger charge is 2.28. The molecule has 0 spiro atoms. The summed E-state index contributed by atoms with van der Waals surface area (Å²) in [7, 11) is 0. The van der Waals surface area contributed by atoms with Gasteiger partial charge in [0.15, 0.2) is 0 Å². The maximum Gasteiger partial charge on any atom is 0.255 e. The van der Waals surface area contributed by atoms with E-state index in [2.05, 4.69) is 20.8 Å². The first-order chi connectivity index (χ1) is 9.63. The molecule has 1 aromatic carbocycles. The second-order valence-corrected chi connectivity index (χ2v) is 6.51. The Morgan fingerprint density at radius 2 is 1.95 bits per heavy atom. The number of carbonyl (C=O) groups is 1. The van der Waals surface area contributed by atoms with Gasteiger partial charge in [-0.15, -0.1) is 0 Å². The fraction of sp³-hybridized carbons (Fsp3) is 0.533. The van der Waals surface area contributed by atoms with Crippen LogP contribution in [0.15, 0.2) is 22.7 Å². The van der Waals surface area contributed by atoms with E-state index in [0.29, 0.717) is 10.0 Å². The minimum atomic E-state index is -0.371. The number of rotatable bonds is 3. The summed E-state index contributed by atoms with van der Waals surface area (Å²) in [5.41, 5.74) is 0.417. The van der Waals surface area contributed by atoms with Crippen molar-refractivity contribution in [3.8, 4) is 0 Å². The minimum absolute atomic E-state index is 0.0811. The third-order valence-corrected chi connectivity index (χ3v) is 4.72. The highest BCUT2D eigenvalue weighted by Crippen LogP contribution is 2.30. The highest BCUT2D eigenvalue weighted by molar-refractivity contribution is 9.10. The van der Waals surface area contributed by atoms with Crippen molar-refractivity contribution in [2.24, 2.45) is 5.92 Å². The van der Waals surface area contributed by atoms with Crippen molar-refractivity contribution in [3.63, 3.8) is 0 Å². The number of benzene rings is 1. The lowest BCUT2D eigenvalue weighted by atomic mass is 10.1. The Kier molecular flexibility index (Phi) is 4.08. The predicted octanol–water partition coefficient (Wildman–Crippen LogP) is 2.76. The lowest BCUT2D eigenvalue weighted by Crippen LogP contribution is -2.49. The molecular weight excluding hydrogens is 323 g/mol. The number of nitrogens with zero attached hydrogens (tertiary/aromatic N) is 2. The van der Waals surface area contributed by atoms with Crippen molar-refractivity contribution in [3.05, 3.63) is 34.1 Å². The second-order valence-electron chi connectivity index (χ2n) is 5.66. The summed E-state index contributed by atoms with van der Waals surface area (Å²) in [6.45, 7) is 4.49. The first-order valence-corrected chi connectivity index (χ1v) is 7.89. The maximum absolute atomic E-state index is 13.3. The van der Waals surface area contributed by atoms with Crippen LogP contribution in [0.25, 0.3) is 0 Å². The monoisotopic (exact) mass is 340 g/mol. The summed E-state index contributed by atoms with van der Waals surface area (Å²) in [5.74, 6) is 0.431. The van der Waals surface area contributed by atoms with Crippen LogP contribution in [0.1, 0.15) is 23.2 Å². The quantitative estimate of drug-likeness (QED) is 0.844. The first kappa shape index (κ1) is 14.0. The Morgan fingerprint density at radius 3 is 2.60 bits per heavy atom. The number of hydrogen-bond donors (Lipinski definition) is 0. The van der Waals surface area contributed by atoms with E-state index in [1.54, 1.807) is 6.07 Å². The molecule has 1 heterocycles. The summed E-state index contributed by atoms with van der Waals surface area (Å²) >= 11 is 3.33. The summed E-state index contributed by atoms with van der Waals surface area (Å²) < 4.78 is 13.9. The molecule has 1 saturated carbocycles. The van der Waals surface area contributed by atoms with Gasteiger partial charge in [-0.25, -0.2) is 4.39 Å². The van der Waals surface area contributed by atoms with Crippen LogP contribution in [0, 0.1) is 11.7 Å². The minimum Gasteiger partial charge on any atom is -0.336 e. The Morgan fingerprint density at radius 1 is 1.25 bits per heavy atom. The lowest BCUT2D eigenvalue weighted by Gasteiger charge is -2.35. The summed E-state index contributed by atoms with van der Waals surface area (Å²) in [5, 5.41) is 0. The lowest BCUT2D eigenvalue weighted by molar-refractivity contribution is 0.0630. The maximum atomic E-state index is 13.3. The summed E-state index contributed by atoms with van der Waals surface area (Å²) in [6.07, 6.45) is 2.71. The molecular formula is C15H18BrFN2O. The third-order valence-electron chi connectivity index (χ3n) is 4.03. The topological polar surface area (TPSA) is 23.6 Å². The zero-order valence-corrected chi connectivity index (χ0v) is 12.9. The number of piperazine rings is 1. The molecule has 0 atom stereocenters. The molecule has 0 unspecified atom stereocenters. The van der Waals surface area contributed by atoms with Crippen molar-refractivity contribution >= 4 is 21.8 Å². The van der Waals surface area contributed by atoms with Crippen molar-refractivity contribution in [1.29, 1.82) is 0 Å². The van der Waals surface area contributed by atoms with Crippen molar-refractivity contribution < 1.29 is 9.18 Å². The largest absolute Gasteiger partial charge is 0.336 e. The van der Waals surface area contributed by atoms with Crippen LogP contribution in [-0.4, -0.2) is 48.4 Å². The standard InChI is InChI=1S/C15H18BrFN2O/c16-14-4-3-12(17)9-13(14)15(20)19-7-5-18(6-8-19)10-11-1-2-11/h3-4,9,11H,1-2,5-8,10H2. The van der Waals surface area contributed by atoms with Gasteiger partial charge in [0, 0.05) is 37.2 Å². The SMILES string of the molecule is O=C(c1cc(F)ccc1Br)N1CCN(CC2CC2)CC1. The van der Waals surface area contributed by atoms with Crippen LogP contribution in [0.5, 0.6) is 0 Å². The van der Waals surface area contributed by atoms with E-state index >= 15 is 0 Å². The summed E-state index contributed by atoms with van der Waals surface area (Å²) in [6, 6.07) is 4.25. The molecule has 0 N–H and O–H groups in total. The van der Waals surface area contributed by atoms with Gasteiger partial charge < -0.3 is 4.90 Å². The van der Waals surface area contributed by atoms with E-state index in [0.717, 1.165) is 32.1 Å².